The number of carbonyl (C=O) groups is 1. The Morgan fingerprint density at radius 1 is 1.19 bits per heavy atom. The summed E-state index contributed by atoms with van der Waals surface area (Å²) < 4.78 is 12.1. The summed E-state index contributed by atoms with van der Waals surface area (Å²) in [6, 6.07) is 5.24. The average molecular weight is 424 g/mol. The van der Waals surface area contributed by atoms with Crippen molar-refractivity contribution in [2.24, 2.45) is 0 Å². The lowest BCUT2D eigenvalue weighted by Gasteiger charge is -2.19. The van der Waals surface area contributed by atoms with Gasteiger partial charge < -0.3 is 19.7 Å². The first-order valence-corrected chi connectivity index (χ1v) is 10.7. The molecule has 1 N–H and O–H groups in total. The van der Waals surface area contributed by atoms with E-state index in [9.17, 15) is 4.79 Å². The molecular formula is C18H18ClN3O3S2. The fraction of sp³-hybridized carbons (Fsp3) is 0.333. The van der Waals surface area contributed by atoms with E-state index in [0.29, 0.717) is 40.3 Å². The Balaban J connectivity index is 1.55. The van der Waals surface area contributed by atoms with Gasteiger partial charge in [0.05, 0.1) is 20.3 Å². The smallest absolute Gasteiger partial charge is 0.265 e. The molecule has 2 aromatic heterocycles. The van der Waals surface area contributed by atoms with Crippen molar-refractivity contribution < 1.29 is 14.3 Å². The van der Waals surface area contributed by atoms with Gasteiger partial charge in [-0.05, 0) is 19.9 Å². The average Bonchev–Trinajstić information content (AvgIpc) is 3.22. The maximum atomic E-state index is 12.7. The van der Waals surface area contributed by atoms with Gasteiger partial charge >= 0.3 is 0 Å². The van der Waals surface area contributed by atoms with Gasteiger partial charge in [0.25, 0.3) is 5.91 Å². The third-order valence-corrected chi connectivity index (χ3v) is 6.75. The second-order valence-electron chi connectivity index (χ2n) is 5.88. The molecule has 0 saturated heterocycles. The van der Waals surface area contributed by atoms with E-state index in [1.165, 1.54) is 11.3 Å². The van der Waals surface area contributed by atoms with Crippen LogP contribution in [0.25, 0.3) is 9.53 Å². The molecule has 0 fully saturated rings. The molecule has 6 nitrogen and oxygen atoms in total. The first-order chi connectivity index (χ1) is 13.1. The Morgan fingerprint density at radius 3 is 2.56 bits per heavy atom. The third-order valence-electron chi connectivity index (χ3n) is 4.22. The van der Waals surface area contributed by atoms with Crippen LogP contribution >= 0.6 is 34.3 Å². The number of anilines is 2. The van der Waals surface area contributed by atoms with E-state index in [4.69, 9.17) is 21.1 Å². The van der Waals surface area contributed by atoms with Crippen molar-refractivity contribution in [2.75, 3.05) is 36.5 Å². The van der Waals surface area contributed by atoms with Crippen LogP contribution < -0.4 is 19.7 Å². The minimum absolute atomic E-state index is 0.215. The number of rotatable bonds is 5. The fourth-order valence-corrected chi connectivity index (χ4v) is 5.24. The molecule has 0 radical (unpaired) electrons. The summed E-state index contributed by atoms with van der Waals surface area (Å²) in [5.74, 6) is 0.959. The number of hydrogen-bond acceptors (Lipinski definition) is 7. The number of ether oxygens (including phenoxy) is 2. The third kappa shape index (κ3) is 3.56. The minimum atomic E-state index is -0.215. The van der Waals surface area contributed by atoms with Gasteiger partial charge in [0.2, 0.25) is 0 Å². The Bertz CT molecular complexity index is 966. The number of nitrogens with one attached hydrogen (secondary N) is 1. The van der Waals surface area contributed by atoms with Crippen LogP contribution in [0, 0.1) is 0 Å². The predicted octanol–water partition coefficient (Wildman–Crippen LogP) is 4.88. The highest BCUT2D eigenvalue weighted by molar-refractivity contribution is 7.29. The number of carbonyl (C=O) groups excluding carboxylic acids is 1. The van der Waals surface area contributed by atoms with E-state index in [1.54, 1.807) is 23.5 Å². The molecule has 0 spiro atoms. The second kappa shape index (κ2) is 7.53. The van der Waals surface area contributed by atoms with Gasteiger partial charge in [0, 0.05) is 25.2 Å². The van der Waals surface area contributed by atoms with Crippen molar-refractivity contribution in [2.45, 2.75) is 13.8 Å². The molecule has 4 rings (SSSR count). The molecule has 1 aromatic carbocycles. The van der Waals surface area contributed by atoms with Gasteiger partial charge in [-0.15, -0.1) is 11.3 Å². The van der Waals surface area contributed by atoms with E-state index < -0.39 is 0 Å². The normalized spacial score (nSPS) is 13.0. The summed E-state index contributed by atoms with van der Waals surface area (Å²) in [7, 11) is 0. The number of amides is 1. The van der Waals surface area contributed by atoms with Gasteiger partial charge in [0.15, 0.2) is 16.6 Å². The van der Waals surface area contributed by atoms with Crippen molar-refractivity contribution in [1.29, 1.82) is 0 Å². The zero-order chi connectivity index (χ0) is 19.0. The number of thiazole rings is 1. The SMILES string of the molecule is CCN(CC)c1nc2sc(C(=O)Nc3cc4c(cc3Cl)OCCO4)cc2s1. The van der Waals surface area contributed by atoms with Gasteiger partial charge in [-0.2, -0.15) is 0 Å². The van der Waals surface area contributed by atoms with Crippen LogP contribution in [-0.2, 0) is 0 Å². The zero-order valence-corrected chi connectivity index (χ0v) is 17.3. The molecule has 0 aliphatic carbocycles. The maximum Gasteiger partial charge on any atom is 0.265 e. The maximum absolute atomic E-state index is 12.7. The molecule has 27 heavy (non-hydrogen) atoms. The van der Waals surface area contributed by atoms with Crippen LogP contribution in [0.3, 0.4) is 0 Å². The number of hydrogen-bond donors (Lipinski definition) is 1. The quantitative estimate of drug-likeness (QED) is 0.633. The number of thiophene rings is 1. The summed E-state index contributed by atoms with van der Waals surface area (Å²) in [5, 5.41) is 4.26. The highest BCUT2D eigenvalue weighted by Crippen LogP contribution is 2.39. The van der Waals surface area contributed by atoms with Crippen LogP contribution in [0.15, 0.2) is 18.2 Å². The van der Waals surface area contributed by atoms with Crippen LogP contribution in [0.5, 0.6) is 11.5 Å². The summed E-state index contributed by atoms with van der Waals surface area (Å²) in [6.45, 7) is 7.00. The van der Waals surface area contributed by atoms with Crippen molar-refractivity contribution in [1.82, 2.24) is 4.98 Å². The monoisotopic (exact) mass is 423 g/mol. The number of benzene rings is 1. The lowest BCUT2D eigenvalue weighted by molar-refractivity contribution is 0.103. The molecule has 3 heterocycles. The van der Waals surface area contributed by atoms with Gasteiger partial charge in [-0.25, -0.2) is 4.98 Å². The summed E-state index contributed by atoms with van der Waals surface area (Å²) in [4.78, 5) is 21.0. The molecule has 3 aromatic rings. The van der Waals surface area contributed by atoms with Gasteiger partial charge in [-0.1, -0.05) is 22.9 Å². The van der Waals surface area contributed by atoms with Gasteiger partial charge in [0.1, 0.15) is 18.0 Å². The molecule has 9 heteroatoms. The van der Waals surface area contributed by atoms with Crippen LogP contribution in [0.2, 0.25) is 5.02 Å². The van der Waals surface area contributed by atoms with Crippen molar-refractivity contribution in [3.8, 4) is 11.5 Å². The molecule has 1 amide bonds. The lowest BCUT2D eigenvalue weighted by Crippen LogP contribution is -2.21. The first-order valence-electron chi connectivity index (χ1n) is 8.64. The Morgan fingerprint density at radius 2 is 1.89 bits per heavy atom. The lowest BCUT2D eigenvalue weighted by atomic mass is 10.2. The van der Waals surface area contributed by atoms with E-state index in [0.717, 1.165) is 27.8 Å². The molecule has 1 aliphatic heterocycles. The fourth-order valence-electron chi connectivity index (χ4n) is 2.81. The Labute approximate surface area is 169 Å². The molecule has 142 valence electrons. The molecule has 0 bridgehead atoms. The van der Waals surface area contributed by atoms with Crippen LogP contribution in [0.1, 0.15) is 23.5 Å². The summed E-state index contributed by atoms with van der Waals surface area (Å²) in [6.07, 6.45) is 0. The second-order valence-corrected chi connectivity index (χ2v) is 8.33. The number of aromatic nitrogens is 1. The molecule has 0 saturated carbocycles. The minimum Gasteiger partial charge on any atom is -0.486 e. The zero-order valence-electron chi connectivity index (χ0n) is 14.9. The van der Waals surface area contributed by atoms with E-state index in [-0.39, 0.29) is 5.91 Å². The number of halogens is 1. The summed E-state index contributed by atoms with van der Waals surface area (Å²) in [5.41, 5.74) is 0.500. The number of fused-ring (bicyclic) bond motifs is 2. The van der Waals surface area contributed by atoms with Crippen molar-refractivity contribution in [3.63, 3.8) is 0 Å². The van der Waals surface area contributed by atoms with E-state index in [1.807, 2.05) is 6.07 Å². The molecular weight excluding hydrogens is 406 g/mol. The standard InChI is InChI=1S/C18H18ClN3O3S2/c1-3-22(4-2)18-21-17-15(27-18)9-14(26-17)16(23)20-11-8-13-12(7-10(11)19)24-5-6-25-13/h7-9H,3-6H2,1-2H3,(H,20,23). The Kier molecular flexibility index (Phi) is 5.12. The highest BCUT2D eigenvalue weighted by atomic mass is 35.5. The van der Waals surface area contributed by atoms with Gasteiger partial charge in [-0.3, -0.25) is 4.79 Å². The topological polar surface area (TPSA) is 63.7 Å². The molecule has 1 aliphatic rings. The largest absolute Gasteiger partial charge is 0.486 e. The first kappa shape index (κ1) is 18.3. The van der Waals surface area contributed by atoms with Crippen LogP contribution in [0.4, 0.5) is 10.8 Å². The predicted molar refractivity (Wildman–Crippen MR) is 111 cm³/mol. The number of nitrogens with zero attached hydrogens (tertiary/aromatic N) is 2. The van der Waals surface area contributed by atoms with Crippen LogP contribution in [-0.4, -0.2) is 37.2 Å². The molecule has 0 unspecified atom stereocenters. The van der Waals surface area contributed by atoms with E-state index in [2.05, 4.69) is 29.0 Å². The molecule has 0 atom stereocenters. The Hall–Kier alpha value is -2.03. The summed E-state index contributed by atoms with van der Waals surface area (Å²) >= 11 is 9.26. The van der Waals surface area contributed by atoms with Crippen molar-refractivity contribution >= 4 is 60.5 Å². The highest BCUT2D eigenvalue weighted by Gasteiger charge is 2.19. The van der Waals surface area contributed by atoms with E-state index >= 15 is 0 Å². The van der Waals surface area contributed by atoms with Crippen molar-refractivity contribution in [3.05, 3.63) is 28.1 Å².